The van der Waals surface area contributed by atoms with Crippen molar-refractivity contribution in [1.82, 2.24) is 10.2 Å². The molecule has 2 saturated heterocycles. The average Bonchev–Trinajstić information content (AvgIpc) is 2.72. The van der Waals surface area contributed by atoms with Crippen LogP contribution < -0.4 is 5.32 Å². The molecule has 4 nitrogen and oxygen atoms in total. The molecule has 2 amide bonds. The molecule has 2 aliphatic heterocycles. The fourth-order valence-electron chi connectivity index (χ4n) is 3.60. The van der Waals surface area contributed by atoms with Crippen molar-refractivity contribution in [2.45, 2.75) is 18.8 Å². The predicted molar refractivity (Wildman–Crippen MR) is 71.5 cm³/mol. The van der Waals surface area contributed by atoms with Crippen molar-refractivity contribution in [1.29, 1.82) is 0 Å². The summed E-state index contributed by atoms with van der Waals surface area (Å²) in [6, 6.07) is 6.03. The highest BCUT2D eigenvalue weighted by Gasteiger charge is 2.51. The molecule has 0 radical (unpaired) electrons. The van der Waals surface area contributed by atoms with Crippen molar-refractivity contribution in [3.8, 4) is 0 Å². The molecule has 0 bridgehead atoms. The number of amides is 2. The van der Waals surface area contributed by atoms with E-state index in [1.165, 1.54) is 12.1 Å². The van der Waals surface area contributed by atoms with E-state index >= 15 is 0 Å². The van der Waals surface area contributed by atoms with Crippen molar-refractivity contribution in [3.05, 3.63) is 35.6 Å². The molecule has 1 spiro atoms. The monoisotopic (exact) mass is 276 g/mol. The molecule has 3 rings (SSSR count). The molecule has 2 atom stereocenters. The average molecular weight is 276 g/mol. The van der Waals surface area contributed by atoms with E-state index in [1.54, 1.807) is 12.1 Å². The van der Waals surface area contributed by atoms with Crippen molar-refractivity contribution >= 4 is 11.8 Å². The van der Waals surface area contributed by atoms with Crippen LogP contribution in [-0.4, -0.2) is 36.9 Å². The number of nitrogens with one attached hydrogen (secondary N) is 1. The number of halogens is 1. The third-order valence-corrected chi connectivity index (χ3v) is 4.43. The third kappa shape index (κ3) is 2.12. The Kier molecular flexibility index (Phi) is 3.09. The zero-order valence-corrected chi connectivity index (χ0v) is 11.4. The summed E-state index contributed by atoms with van der Waals surface area (Å²) in [4.78, 5) is 26.2. The van der Waals surface area contributed by atoms with Crippen LogP contribution in [0, 0.1) is 11.2 Å². The number of rotatable bonds is 1. The molecular formula is C15H17FN2O2. The van der Waals surface area contributed by atoms with E-state index < -0.39 is 0 Å². The number of benzene rings is 1. The van der Waals surface area contributed by atoms with E-state index in [0.29, 0.717) is 13.0 Å². The largest absolute Gasteiger partial charge is 0.306 e. The first kappa shape index (κ1) is 13.2. The van der Waals surface area contributed by atoms with Crippen molar-refractivity contribution < 1.29 is 14.0 Å². The number of likely N-dealkylation sites (tertiary alicyclic amines) is 1. The highest BCUT2D eigenvalue weighted by Crippen LogP contribution is 2.48. The first-order valence-corrected chi connectivity index (χ1v) is 6.78. The lowest BCUT2D eigenvalue weighted by Gasteiger charge is -2.39. The second kappa shape index (κ2) is 4.66. The van der Waals surface area contributed by atoms with Crippen molar-refractivity contribution in [3.63, 3.8) is 0 Å². The van der Waals surface area contributed by atoms with E-state index in [2.05, 4.69) is 10.2 Å². The highest BCUT2D eigenvalue weighted by atomic mass is 19.1. The van der Waals surface area contributed by atoms with Crippen LogP contribution in [0.25, 0.3) is 0 Å². The maximum absolute atomic E-state index is 13.1. The molecule has 106 valence electrons. The minimum atomic E-state index is -0.384. The predicted octanol–water partition coefficient (Wildman–Crippen LogP) is 1.28. The molecule has 1 aromatic rings. The van der Waals surface area contributed by atoms with Gasteiger partial charge in [0, 0.05) is 18.4 Å². The first-order valence-electron chi connectivity index (χ1n) is 6.78. The van der Waals surface area contributed by atoms with Crippen LogP contribution in [0.1, 0.15) is 24.3 Å². The molecule has 2 aliphatic rings. The molecule has 1 N–H and O–H groups in total. The normalized spacial score (nSPS) is 30.8. The lowest BCUT2D eigenvalue weighted by Crippen LogP contribution is -2.51. The van der Waals surface area contributed by atoms with Crippen LogP contribution in [0.3, 0.4) is 0 Å². The molecule has 2 unspecified atom stereocenters. The molecule has 0 aliphatic carbocycles. The molecule has 2 heterocycles. The van der Waals surface area contributed by atoms with Crippen molar-refractivity contribution in [2.75, 3.05) is 20.1 Å². The Morgan fingerprint density at radius 3 is 2.60 bits per heavy atom. The van der Waals surface area contributed by atoms with E-state index in [4.69, 9.17) is 0 Å². The molecule has 5 heteroatoms. The van der Waals surface area contributed by atoms with Crippen LogP contribution in [0.15, 0.2) is 24.3 Å². The van der Waals surface area contributed by atoms with Crippen molar-refractivity contribution in [2.24, 2.45) is 5.41 Å². The summed E-state index contributed by atoms with van der Waals surface area (Å²) in [7, 11) is 1.99. The molecule has 2 fully saturated rings. The Bertz CT molecular complexity index is 557. The number of hydrogen-bond donors (Lipinski definition) is 1. The topological polar surface area (TPSA) is 49.4 Å². The van der Waals surface area contributed by atoms with E-state index in [1.807, 2.05) is 7.05 Å². The maximum Gasteiger partial charge on any atom is 0.234 e. The summed E-state index contributed by atoms with van der Waals surface area (Å²) in [5.41, 5.74) is 0.429. The fraction of sp³-hybridized carbons (Fsp3) is 0.467. The Hall–Kier alpha value is -1.75. The zero-order valence-electron chi connectivity index (χ0n) is 11.4. The number of nitrogens with zero attached hydrogens (tertiary/aromatic N) is 1. The summed E-state index contributed by atoms with van der Waals surface area (Å²) in [6.07, 6.45) is 1.16. The molecule has 0 aromatic heterocycles. The summed E-state index contributed by atoms with van der Waals surface area (Å²) in [5.74, 6) is -1.17. The summed E-state index contributed by atoms with van der Waals surface area (Å²) in [5, 5.41) is 2.42. The Balaban J connectivity index is 2.02. The van der Waals surface area contributed by atoms with Gasteiger partial charge in [0.15, 0.2) is 0 Å². The van der Waals surface area contributed by atoms with Gasteiger partial charge in [0.1, 0.15) is 5.82 Å². The minimum Gasteiger partial charge on any atom is -0.306 e. The zero-order chi connectivity index (χ0) is 14.3. The quantitative estimate of drug-likeness (QED) is 0.786. The van der Waals surface area contributed by atoms with E-state index in [0.717, 1.165) is 18.5 Å². The second-order valence-electron chi connectivity index (χ2n) is 5.92. The van der Waals surface area contributed by atoms with Gasteiger partial charge in [0.25, 0.3) is 0 Å². The molecule has 1 aromatic carbocycles. The van der Waals surface area contributed by atoms with Crippen LogP contribution in [0.5, 0.6) is 0 Å². The number of piperidine rings is 1. The van der Waals surface area contributed by atoms with E-state index in [-0.39, 0.29) is 29.0 Å². The van der Waals surface area contributed by atoms with Gasteiger partial charge in [-0.15, -0.1) is 0 Å². The summed E-state index contributed by atoms with van der Waals surface area (Å²) < 4.78 is 13.1. The van der Waals surface area contributed by atoms with Gasteiger partial charge < -0.3 is 4.90 Å². The van der Waals surface area contributed by atoms with Gasteiger partial charge in [-0.2, -0.15) is 0 Å². The van der Waals surface area contributed by atoms with Gasteiger partial charge in [-0.3, -0.25) is 14.9 Å². The van der Waals surface area contributed by atoms with Gasteiger partial charge >= 0.3 is 0 Å². The molecular weight excluding hydrogens is 259 g/mol. The number of hydrogen-bond acceptors (Lipinski definition) is 3. The fourth-order valence-corrected chi connectivity index (χ4v) is 3.60. The lowest BCUT2D eigenvalue weighted by molar-refractivity contribution is -0.139. The SMILES string of the molecule is CN1CCC2(CC(=O)NC(=O)C2c2ccc(F)cc2)C1. The van der Waals surface area contributed by atoms with Crippen LogP contribution in [-0.2, 0) is 9.59 Å². The number of carbonyl (C=O) groups is 2. The van der Waals surface area contributed by atoms with Gasteiger partial charge in [-0.1, -0.05) is 12.1 Å². The Morgan fingerprint density at radius 1 is 1.30 bits per heavy atom. The Morgan fingerprint density at radius 2 is 2.00 bits per heavy atom. The summed E-state index contributed by atoms with van der Waals surface area (Å²) >= 11 is 0. The van der Waals surface area contributed by atoms with Gasteiger partial charge in [-0.25, -0.2) is 4.39 Å². The minimum absolute atomic E-state index is 0.205. The smallest absolute Gasteiger partial charge is 0.234 e. The highest BCUT2D eigenvalue weighted by molar-refractivity contribution is 6.02. The lowest BCUT2D eigenvalue weighted by atomic mass is 9.66. The number of carbonyl (C=O) groups excluding carboxylic acids is 2. The Labute approximate surface area is 117 Å². The third-order valence-electron chi connectivity index (χ3n) is 4.43. The molecule has 20 heavy (non-hydrogen) atoms. The second-order valence-corrected chi connectivity index (χ2v) is 5.92. The maximum atomic E-state index is 13.1. The van der Waals surface area contributed by atoms with Gasteiger partial charge in [-0.05, 0) is 37.7 Å². The first-order chi connectivity index (χ1) is 9.50. The van der Waals surface area contributed by atoms with Crippen LogP contribution >= 0.6 is 0 Å². The van der Waals surface area contributed by atoms with E-state index in [9.17, 15) is 14.0 Å². The number of imide groups is 1. The summed E-state index contributed by atoms with van der Waals surface area (Å²) in [6.45, 7) is 1.59. The van der Waals surface area contributed by atoms with Crippen LogP contribution in [0.4, 0.5) is 4.39 Å². The van der Waals surface area contributed by atoms with Gasteiger partial charge in [0.05, 0.1) is 5.92 Å². The molecule has 0 saturated carbocycles. The van der Waals surface area contributed by atoms with Gasteiger partial charge in [0.2, 0.25) is 11.8 Å². The standard InChI is InChI=1S/C15H17FN2O2/c1-18-7-6-15(9-18)8-12(19)17-14(20)13(15)10-2-4-11(16)5-3-10/h2-5,13H,6-9H2,1H3,(H,17,19,20). The van der Waals surface area contributed by atoms with Crippen LogP contribution in [0.2, 0.25) is 0 Å².